The van der Waals surface area contributed by atoms with E-state index in [1.807, 2.05) is 0 Å². The first-order chi connectivity index (χ1) is 10.6. The number of fused-ring (bicyclic) bond motifs is 1. The third-order valence-corrected chi connectivity index (χ3v) is 5.16. The Morgan fingerprint density at radius 2 is 2.32 bits per heavy atom. The quantitative estimate of drug-likeness (QED) is 0.838. The average Bonchev–Trinajstić information content (AvgIpc) is 2.89. The van der Waals surface area contributed by atoms with Gasteiger partial charge in [-0.25, -0.2) is 9.97 Å². The SMILES string of the molecule is C[C@H]1CCCC[C@H]1NC(=O)CSc1nc2ncc(Cl)cc2[nH]1. The predicted octanol–water partition coefficient (Wildman–Crippen LogP) is 3.40. The third-order valence-electron chi connectivity index (χ3n) is 4.08. The lowest BCUT2D eigenvalue weighted by Gasteiger charge is -2.29. The molecule has 5 nitrogen and oxygen atoms in total. The van der Waals surface area contributed by atoms with Crippen LogP contribution < -0.4 is 5.32 Å². The molecule has 1 saturated carbocycles. The van der Waals surface area contributed by atoms with E-state index in [9.17, 15) is 4.79 Å². The van der Waals surface area contributed by atoms with Gasteiger partial charge < -0.3 is 10.3 Å². The summed E-state index contributed by atoms with van der Waals surface area (Å²) >= 11 is 7.28. The average molecular weight is 339 g/mol. The van der Waals surface area contributed by atoms with Gasteiger partial charge in [0, 0.05) is 12.2 Å². The van der Waals surface area contributed by atoms with Crippen LogP contribution in [0.15, 0.2) is 17.4 Å². The van der Waals surface area contributed by atoms with Crippen molar-refractivity contribution in [1.29, 1.82) is 0 Å². The van der Waals surface area contributed by atoms with Gasteiger partial charge in [-0.15, -0.1) is 0 Å². The van der Waals surface area contributed by atoms with Gasteiger partial charge in [-0.2, -0.15) is 0 Å². The summed E-state index contributed by atoms with van der Waals surface area (Å²) in [5.41, 5.74) is 1.41. The number of hydrogen-bond acceptors (Lipinski definition) is 4. The van der Waals surface area contributed by atoms with Crippen molar-refractivity contribution in [3.63, 3.8) is 0 Å². The van der Waals surface area contributed by atoms with Crippen LogP contribution in [0.4, 0.5) is 0 Å². The number of thioether (sulfide) groups is 1. The molecule has 7 heteroatoms. The van der Waals surface area contributed by atoms with Crippen LogP contribution in [-0.4, -0.2) is 32.7 Å². The fourth-order valence-corrected chi connectivity index (χ4v) is 3.68. The molecule has 2 aromatic heterocycles. The Kier molecular flexibility index (Phi) is 4.88. The lowest BCUT2D eigenvalue weighted by Crippen LogP contribution is -2.41. The van der Waals surface area contributed by atoms with E-state index in [1.54, 1.807) is 12.3 Å². The molecule has 0 aromatic carbocycles. The highest BCUT2D eigenvalue weighted by Crippen LogP contribution is 2.24. The van der Waals surface area contributed by atoms with E-state index in [0.29, 0.717) is 33.5 Å². The maximum atomic E-state index is 12.1. The number of halogens is 1. The summed E-state index contributed by atoms with van der Waals surface area (Å²) in [6, 6.07) is 2.10. The Morgan fingerprint density at radius 1 is 1.50 bits per heavy atom. The number of rotatable bonds is 4. The number of pyridine rings is 1. The number of carbonyl (C=O) groups is 1. The molecule has 0 spiro atoms. The van der Waals surface area contributed by atoms with E-state index >= 15 is 0 Å². The lowest BCUT2D eigenvalue weighted by atomic mass is 9.86. The first kappa shape index (κ1) is 15.6. The van der Waals surface area contributed by atoms with Gasteiger partial charge in [0.25, 0.3) is 0 Å². The van der Waals surface area contributed by atoms with Gasteiger partial charge in [-0.1, -0.05) is 43.1 Å². The Bertz CT molecular complexity index is 675. The third kappa shape index (κ3) is 3.73. The Hall–Kier alpha value is -1.27. The highest BCUT2D eigenvalue weighted by molar-refractivity contribution is 7.99. The molecule has 2 aromatic rings. The molecular weight excluding hydrogens is 320 g/mol. The van der Waals surface area contributed by atoms with Crippen LogP contribution in [0.1, 0.15) is 32.6 Å². The number of amides is 1. The lowest BCUT2D eigenvalue weighted by molar-refractivity contribution is -0.119. The maximum absolute atomic E-state index is 12.1. The zero-order chi connectivity index (χ0) is 15.5. The highest BCUT2D eigenvalue weighted by atomic mass is 35.5. The van der Waals surface area contributed by atoms with Crippen molar-refractivity contribution in [1.82, 2.24) is 20.3 Å². The molecule has 1 aliphatic rings. The molecule has 0 unspecified atom stereocenters. The molecule has 1 aliphatic carbocycles. The molecule has 1 amide bonds. The molecule has 2 N–H and O–H groups in total. The zero-order valence-electron chi connectivity index (χ0n) is 12.4. The molecule has 22 heavy (non-hydrogen) atoms. The van der Waals surface area contributed by atoms with Crippen molar-refractivity contribution >= 4 is 40.4 Å². The molecule has 1 fully saturated rings. The molecular formula is C15H19ClN4OS. The van der Waals surface area contributed by atoms with E-state index in [0.717, 1.165) is 11.9 Å². The molecule has 2 atom stereocenters. The van der Waals surface area contributed by atoms with E-state index in [1.165, 1.54) is 31.0 Å². The van der Waals surface area contributed by atoms with E-state index in [-0.39, 0.29) is 5.91 Å². The van der Waals surface area contributed by atoms with Gasteiger partial charge in [0.1, 0.15) is 0 Å². The van der Waals surface area contributed by atoms with Crippen LogP contribution in [0.25, 0.3) is 11.2 Å². The Labute approximate surface area is 138 Å². The van der Waals surface area contributed by atoms with Crippen molar-refractivity contribution < 1.29 is 4.79 Å². The Morgan fingerprint density at radius 3 is 3.14 bits per heavy atom. The van der Waals surface area contributed by atoms with Gasteiger partial charge >= 0.3 is 0 Å². The van der Waals surface area contributed by atoms with E-state index in [4.69, 9.17) is 11.6 Å². The minimum Gasteiger partial charge on any atom is -0.352 e. The number of H-pyrrole nitrogens is 1. The number of nitrogens with zero attached hydrogens (tertiary/aromatic N) is 2. The first-order valence-corrected chi connectivity index (χ1v) is 8.91. The second-order valence-electron chi connectivity index (χ2n) is 5.79. The summed E-state index contributed by atoms with van der Waals surface area (Å²) < 4.78 is 0. The Balaban J connectivity index is 1.55. The van der Waals surface area contributed by atoms with Crippen LogP contribution in [0.3, 0.4) is 0 Å². The van der Waals surface area contributed by atoms with Gasteiger partial charge in [-0.3, -0.25) is 4.79 Å². The second-order valence-corrected chi connectivity index (χ2v) is 7.19. The molecule has 0 bridgehead atoms. The van der Waals surface area contributed by atoms with Crippen LogP contribution in [0.5, 0.6) is 0 Å². The molecule has 0 aliphatic heterocycles. The van der Waals surface area contributed by atoms with Gasteiger partial charge in [-0.05, 0) is 24.8 Å². The van der Waals surface area contributed by atoms with Crippen LogP contribution in [0, 0.1) is 5.92 Å². The topological polar surface area (TPSA) is 70.7 Å². The smallest absolute Gasteiger partial charge is 0.230 e. The van der Waals surface area contributed by atoms with E-state index in [2.05, 4.69) is 27.2 Å². The van der Waals surface area contributed by atoms with Crippen molar-refractivity contribution in [2.75, 3.05) is 5.75 Å². The number of aromatic nitrogens is 3. The van der Waals surface area contributed by atoms with Gasteiger partial charge in [0.2, 0.25) is 5.91 Å². The van der Waals surface area contributed by atoms with Crippen LogP contribution in [0.2, 0.25) is 5.02 Å². The fourth-order valence-electron chi connectivity index (χ4n) is 2.83. The standard InChI is InChI=1S/C15H19ClN4OS/c1-9-4-2-3-5-11(9)18-13(21)8-22-15-19-12-6-10(16)7-17-14(12)20-15/h6-7,9,11H,2-5,8H2,1H3,(H,18,21)(H,17,19,20)/t9-,11+/m0/s1. The summed E-state index contributed by atoms with van der Waals surface area (Å²) in [6.45, 7) is 2.21. The number of nitrogens with one attached hydrogen (secondary N) is 2. The predicted molar refractivity (Wildman–Crippen MR) is 89.2 cm³/mol. The second kappa shape index (κ2) is 6.87. The van der Waals surface area contributed by atoms with Crippen molar-refractivity contribution in [3.8, 4) is 0 Å². The number of aromatic amines is 1. The summed E-state index contributed by atoms with van der Waals surface area (Å²) in [5.74, 6) is 0.993. The maximum Gasteiger partial charge on any atom is 0.230 e. The summed E-state index contributed by atoms with van der Waals surface area (Å²) in [4.78, 5) is 23.7. The molecule has 3 rings (SSSR count). The number of hydrogen-bond donors (Lipinski definition) is 2. The molecule has 0 saturated heterocycles. The monoisotopic (exact) mass is 338 g/mol. The molecule has 0 radical (unpaired) electrons. The van der Waals surface area contributed by atoms with Gasteiger partial charge in [0.15, 0.2) is 10.8 Å². The van der Waals surface area contributed by atoms with E-state index < -0.39 is 0 Å². The fraction of sp³-hybridized carbons (Fsp3) is 0.533. The highest BCUT2D eigenvalue weighted by Gasteiger charge is 2.22. The summed E-state index contributed by atoms with van der Waals surface area (Å²) in [6.07, 6.45) is 6.34. The molecule has 2 heterocycles. The number of carbonyl (C=O) groups excluding carboxylic acids is 1. The minimum absolute atomic E-state index is 0.0650. The summed E-state index contributed by atoms with van der Waals surface area (Å²) in [7, 11) is 0. The number of imidazole rings is 1. The minimum atomic E-state index is 0.0650. The summed E-state index contributed by atoms with van der Waals surface area (Å²) in [5, 5.41) is 4.40. The largest absolute Gasteiger partial charge is 0.352 e. The molecule has 118 valence electrons. The van der Waals surface area contributed by atoms with Gasteiger partial charge in [0.05, 0.1) is 16.3 Å². The van der Waals surface area contributed by atoms with Crippen LogP contribution in [-0.2, 0) is 4.79 Å². The first-order valence-electron chi connectivity index (χ1n) is 7.55. The van der Waals surface area contributed by atoms with Crippen molar-refractivity contribution in [3.05, 3.63) is 17.3 Å². The van der Waals surface area contributed by atoms with Crippen molar-refractivity contribution in [2.45, 2.75) is 43.8 Å². The van der Waals surface area contributed by atoms with Crippen molar-refractivity contribution in [2.24, 2.45) is 5.92 Å². The van der Waals surface area contributed by atoms with Crippen LogP contribution >= 0.6 is 23.4 Å². The normalized spacial score (nSPS) is 21.9. The zero-order valence-corrected chi connectivity index (χ0v) is 14.0.